The Morgan fingerprint density at radius 2 is 2.00 bits per heavy atom. The number of halogens is 2. The summed E-state index contributed by atoms with van der Waals surface area (Å²) in [7, 11) is 0. The van der Waals surface area contributed by atoms with Gasteiger partial charge in [-0.15, -0.1) is 11.3 Å². The largest absolute Gasteiger partial charge is 0.321 e. The van der Waals surface area contributed by atoms with Crippen LogP contribution in [0.1, 0.15) is 27.2 Å². The van der Waals surface area contributed by atoms with Crippen molar-refractivity contribution in [3.8, 4) is 0 Å². The first-order valence-electron chi connectivity index (χ1n) is 8.61. The number of benzene rings is 1. The SMILES string of the molecule is O=C(Nc1cccc2c1CCC2)c1cc([N+](=O)[O-])c(Sc2c(Cl)cncc2Cl)s1. The van der Waals surface area contributed by atoms with Crippen molar-refractivity contribution in [3.05, 3.63) is 72.8 Å². The zero-order valence-corrected chi connectivity index (χ0v) is 17.9. The Morgan fingerprint density at radius 1 is 1.24 bits per heavy atom. The van der Waals surface area contributed by atoms with Gasteiger partial charge in [0, 0.05) is 24.1 Å². The molecule has 0 atom stereocenters. The smallest absolute Gasteiger partial charge is 0.294 e. The molecular weight excluding hydrogens is 453 g/mol. The number of pyridine rings is 1. The minimum Gasteiger partial charge on any atom is -0.321 e. The molecular formula is C19H13Cl2N3O3S2. The number of thiophene rings is 1. The summed E-state index contributed by atoms with van der Waals surface area (Å²) >= 11 is 14.3. The summed E-state index contributed by atoms with van der Waals surface area (Å²) in [6.07, 6.45) is 5.80. The number of nitrogens with zero attached hydrogens (tertiary/aromatic N) is 2. The lowest BCUT2D eigenvalue weighted by atomic mass is 10.1. The average molecular weight is 466 g/mol. The van der Waals surface area contributed by atoms with Crippen LogP contribution in [0.3, 0.4) is 0 Å². The van der Waals surface area contributed by atoms with E-state index in [2.05, 4.69) is 16.4 Å². The van der Waals surface area contributed by atoms with Crippen LogP contribution in [0.25, 0.3) is 0 Å². The minimum absolute atomic E-state index is 0.160. The number of carbonyl (C=O) groups excluding carboxylic acids is 1. The van der Waals surface area contributed by atoms with Gasteiger partial charge in [0.15, 0.2) is 0 Å². The summed E-state index contributed by atoms with van der Waals surface area (Å²) in [6.45, 7) is 0. The molecule has 0 fully saturated rings. The molecule has 2 heterocycles. The molecule has 1 aliphatic rings. The van der Waals surface area contributed by atoms with Gasteiger partial charge in [-0.05, 0) is 36.5 Å². The summed E-state index contributed by atoms with van der Waals surface area (Å²) < 4.78 is 0.327. The summed E-state index contributed by atoms with van der Waals surface area (Å²) in [6, 6.07) is 7.11. The van der Waals surface area contributed by atoms with Gasteiger partial charge in [-0.3, -0.25) is 19.9 Å². The molecule has 0 unspecified atom stereocenters. The topological polar surface area (TPSA) is 85.1 Å². The molecule has 6 nitrogen and oxygen atoms in total. The third-order valence-corrected chi connectivity index (χ3v) is 7.75. The fraction of sp³-hybridized carbons (Fsp3) is 0.158. The Bertz CT molecular complexity index is 1110. The van der Waals surface area contributed by atoms with Gasteiger partial charge in [0.2, 0.25) is 0 Å². The monoisotopic (exact) mass is 465 g/mol. The Morgan fingerprint density at radius 3 is 2.72 bits per heavy atom. The maximum atomic E-state index is 12.8. The second-order valence-corrected chi connectivity index (χ2v) is 9.47. The quantitative estimate of drug-likeness (QED) is 0.355. The number of nitro groups is 1. The average Bonchev–Trinajstić information content (AvgIpc) is 3.32. The molecule has 148 valence electrons. The molecule has 1 aromatic carbocycles. The van der Waals surface area contributed by atoms with Crippen molar-refractivity contribution in [1.29, 1.82) is 0 Å². The highest BCUT2D eigenvalue weighted by Gasteiger charge is 2.25. The van der Waals surface area contributed by atoms with Crippen LogP contribution in [-0.2, 0) is 12.8 Å². The van der Waals surface area contributed by atoms with Crippen molar-refractivity contribution >= 4 is 63.6 Å². The zero-order chi connectivity index (χ0) is 20.5. The maximum absolute atomic E-state index is 12.8. The Hall–Kier alpha value is -2.13. The first-order valence-corrected chi connectivity index (χ1v) is 11.0. The van der Waals surface area contributed by atoms with E-state index in [1.165, 1.54) is 24.0 Å². The van der Waals surface area contributed by atoms with Crippen LogP contribution >= 0.6 is 46.3 Å². The van der Waals surface area contributed by atoms with Gasteiger partial charge in [-0.1, -0.05) is 47.1 Å². The summed E-state index contributed by atoms with van der Waals surface area (Å²) in [4.78, 5) is 28.4. The third-order valence-electron chi connectivity index (χ3n) is 4.50. The number of hydrogen-bond acceptors (Lipinski definition) is 6. The van der Waals surface area contributed by atoms with Gasteiger partial charge >= 0.3 is 0 Å². The van der Waals surface area contributed by atoms with Gasteiger partial charge in [-0.25, -0.2) is 0 Å². The van der Waals surface area contributed by atoms with Gasteiger partial charge in [-0.2, -0.15) is 0 Å². The molecule has 1 aliphatic carbocycles. The molecule has 0 aliphatic heterocycles. The zero-order valence-electron chi connectivity index (χ0n) is 14.8. The van der Waals surface area contributed by atoms with E-state index in [1.54, 1.807) is 0 Å². The molecule has 0 saturated heterocycles. The van der Waals surface area contributed by atoms with Crippen LogP contribution < -0.4 is 5.32 Å². The van der Waals surface area contributed by atoms with Crippen molar-refractivity contribution in [1.82, 2.24) is 4.98 Å². The summed E-state index contributed by atoms with van der Waals surface area (Å²) in [5.41, 5.74) is 2.97. The number of rotatable bonds is 5. The number of anilines is 1. The second kappa shape index (κ2) is 8.31. The second-order valence-electron chi connectivity index (χ2n) is 6.33. The molecule has 2 aromatic heterocycles. The summed E-state index contributed by atoms with van der Waals surface area (Å²) in [5, 5.41) is 15.0. The lowest BCUT2D eigenvalue weighted by Gasteiger charge is -2.09. The first kappa shape index (κ1) is 20.2. The third kappa shape index (κ3) is 4.11. The molecule has 29 heavy (non-hydrogen) atoms. The number of nitrogens with one attached hydrogen (secondary N) is 1. The molecule has 0 spiro atoms. The van der Waals surface area contributed by atoms with E-state index in [4.69, 9.17) is 23.2 Å². The van der Waals surface area contributed by atoms with Crippen LogP contribution in [-0.4, -0.2) is 15.8 Å². The molecule has 0 radical (unpaired) electrons. The van der Waals surface area contributed by atoms with E-state index in [9.17, 15) is 14.9 Å². The fourth-order valence-corrected chi connectivity index (χ4v) is 5.95. The molecule has 1 amide bonds. The normalized spacial score (nSPS) is 12.6. The lowest BCUT2D eigenvalue weighted by molar-refractivity contribution is -0.387. The predicted molar refractivity (Wildman–Crippen MR) is 116 cm³/mol. The van der Waals surface area contributed by atoms with Crippen LogP contribution in [0.4, 0.5) is 11.4 Å². The highest BCUT2D eigenvalue weighted by molar-refractivity contribution is 8.01. The number of amides is 1. The maximum Gasteiger partial charge on any atom is 0.294 e. The number of aromatic nitrogens is 1. The van der Waals surface area contributed by atoms with E-state index < -0.39 is 4.92 Å². The minimum atomic E-state index is -0.515. The highest BCUT2D eigenvalue weighted by Crippen LogP contribution is 2.45. The number of aryl methyl sites for hydroxylation is 1. The van der Waals surface area contributed by atoms with E-state index in [-0.39, 0.29) is 26.5 Å². The number of hydrogen-bond donors (Lipinski definition) is 1. The van der Waals surface area contributed by atoms with Gasteiger partial charge in [0.1, 0.15) is 9.09 Å². The Balaban J connectivity index is 1.64. The summed E-state index contributed by atoms with van der Waals surface area (Å²) in [5.74, 6) is -0.378. The fourth-order valence-electron chi connectivity index (χ4n) is 3.19. The Kier molecular flexibility index (Phi) is 5.78. The van der Waals surface area contributed by atoms with Crippen molar-refractivity contribution < 1.29 is 9.72 Å². The number of carbonyl (C=O) groups is 1. The molecule has 0 bridgehead atoms. The predicted octanol–water partition coefficient (Wildman–Crippen LogP) is 6.25. The van der Waals surface area contributed by atoms with E-state index >= 15 is 0 Å². The van der Waals surface area contributed by atoms with E-state index in [0.29, 0.717) is 9.10 Å². The van der Waals surface area contributed by atoms with Gasteiger partial charge < -0.3 is 5.32 Å². The Labute approximate surface area is 184 Å². The molecule has 3 aromatic rings. The molecule has 1 N–H and O–H groups in total. The molecule has 0 saturated carbocycles. The van der Waals surface area contributed by atoms with Crippen molar-refractivity contribution in [2.45, 2.75) is 28.4 Å². The van der Waals surface area contributed by atoms with Crippen LogP contribution in [0.2, 0.25) is 10.0 Å². The van der Waals surface area contributed by atoms with Crippen LogP contribution in [0.15, 0.2) is 45.8 Å². The van der Waals surface area contributed by atoms with Crippen molar-refractivity contribution in [3.63, 3.8) is 0 Å². The van der Waals surface area contributed by atoms with Gasteiger partial charge in [0.25, 0.3) is 11.6 Å². The standard InChI is InChI=1S/C19H13Cl2N3O3S2/c20-12-8-22-9-13(21)17(12)29-19-15(24(26)27)7-16(28-19)18(25)23-14-6-2-4-10-3-1-5-11(10)14/h2,4,6-9H,1,3,5H2,(H,23,25). The molecule has 10 heteroatoms. The van der Waals surface area contributed by atoms with Crippen molar-refractivity contribution in [2.24, 2.45) is 0 Å². The highest BCUT2D eigenvalue weighted by atomic mass is 35.5. The van der Waals surface area contributed by atoms with E-state index in [0.717, 1.165) is 53.6 Å². The molecule has 4 rings (SSSR count). The van der Waals surface area contributed by atoms with Gasteiger partial charge in [0.05, 0.1) is 19.9 Å². The van der Waals surface area contributed by atoms with Crippen molar-refractivity contribution in [2.75, 3.05) is 5.32 Å². The lowest BCUT2D eigenvalue weighted by Crippen LogP contribution is -2.11. The number of fused-ring (bicyclic) bond motifs is 1. The van der Waals surface area contributed by atoms with E-state index in [1.807, 2.05) is 12.1 Å². The van der Waals surface area contributed by atoms with Crippen LogP contribution in [0, 0.1) is 10.1 Å². The first-order chi connectivity index (χ1) is 13.9. The van der Waals surface area contributed by atoms with Crippen LogP contribution in [0.5, 0.6) is 0 Å².